The van der Waals surface area contributed by atoms with E-state index in [1.165, 1.54) is 0 Å². The van der Waals surface area contributed by atoms with Crippen LogP contribution in [0, 0.1) is 5.82 Å². The summed E-state index contributed by atoms with van der Waals surface area (Å²) in [6.45, 7) is -0.154. The number of ether oxygens (including phenoxy) is 1. The van der Waals surface area contributed by atoms with Gasteiger partial charge in [0.1, 0.15) is 12.4 Å². The summed E-state index contributed by atoms with van der Waals surface area (Å²) in [6, 6.07) is 13.9. The predicted octanol–water partition coefficient (Wildman–Crippen LogP) is 6.27. The quantitative estimate of drug-likeness (QED) is 0.376. The number of nitrogens with one attached hydrogen (secondary N) is 1. The van der Waals surface area contributed by atoms with Crippen molar-refractivity contribution in [3.8, 4) is 11.1 Å². The van der Waals surface area contributed by atoms with Crippen molar-refractivity contribution in [2.45, 2.75) is 18.1 Å². The molecule has 0 radical (unpaired) electrons. The number of hydrogen-bond donors (Lipinski definition) is 2. The standard InChI is InChI=1S/C24H16BrF4NO4/c25-20-17(24(27,28)29)9-10-18(26)19(20)21(22(31)32)30-23(33)34-11-16-14-7-3-1-5-12(14)13-6-2-4-8-15(13)16/h1-10,16,21H,11H2,(H,30,33)(H,31,32). The van der Waals surface area contributed by atoms with Crippen molar-refractivity contribution in [3.63, 3.8) is 0 Å². The van der Waals surface area contributed by atoms with Crippen LogP contribution in [0.3, 0.4) is 0 Å². The van der Waals surface area contributed by atoms with E-state index in [1.807, 2.05) is 53.8 Å². The number of rotatable bonds is 5. The van der Waals surface area contributed by atoms with Crippen LogP contribution in [0.2, 0.25) is 0 Å². The van der Waals surface area contributed by atoms with Gasteiger partial charge >= 0.3 is 18.2 Å². The van der Waals surface area contributed by atoms with E-state index in [1.54, 1.807) is 0 Å². The Labute approximate surface area is 199 Å². The first-order valence-corrected chi connectivity index (χ1v) is 10.8. The van der Waals surface area contributed by atoms with Crippen LogP contribution in [0.1, 0.15) is 34.2 Å². The number of fused-ring (bicyclic) bond motifs is 3. The number of hydrogen-bond acceptors (Lipinski definition) is 3. The minimum Gasteiger partial charge on any atom is -0.479 e. The maximum absolute atomic E-state index is 14.4. The van der Waals surface area contributed by atoms with Gasteiger partial charge in [0.15, 0.2) is 6.04 Å². The van der Waals surface area contributed by atoms with Crippen LogP contribution in [-0.4, -0.2) is 23.8 Å². The Balaban J connectivity index is 1.56. The second-order valence-corrected chi connectivity index (χ2v) is 8.35. The number of carbonyl (C=O) groups excluding carboxylic acids is 1. The molecule has 4 rings (SSSR count). The Bertz CT molecular complexity index is 1230. The number of benzene rings is 3. The molecule has 176 valence electrons. The highest BCUT2D eigenvalue weighted by molar-refractivity contribution is 9.10. The summed E-state index contributed by atoms with van der Waals surface area (Å²) < 4.78 is 58.5. The molecule has 0 fully saturated rings. The molecule has 0 heterocycles. The predicted molar refractivity (Wildman–Crippen MR) is 118 cm³/mol. The van der Waals surface area contributed by atoms with Crippen molar-refractivity contribution in [2.24, 2.45) is 0 Å². The highest BCUT2D eigenvalue weighted by Gasteiger charge is 2.38. The average molecular weight is 538 g/mol. The van der Waals surface area contributed by atoms with Gasteiger partial charge in [-0.2, -0.15) is 13.2 Å². The largest absolute Gasteiger partial charge is 0.479 e. The molecule has 1 unspecified atom stereocenters. The highest BCUT2D eigenvalue weighted by atomic mass is 79.9. The zero-order valence-electron chi connectivity index (χ0n) is 17.2. The highest BCUT2D eigenvalue weighted by Crippen LogP contribution is 2.44. The molecule has 1 aliphatic rings. The summed E-state index contributed by atoms with van der Waals surface area (Å²) in [6.07, 6.45) is -6.08. The third-order valence-electron chi connectivity index (χ3n) is 5.57. The van der Waals surface area contributed by atoms with E-state index in [0.29, 0.717) is 12.1 Å². The molecule has 0 spiro atoms. The van der Waals surface area contributed by atoms with E-state index >= 15 is 0 Å². The number of carboxylic acid groups (broad SMARTS) is 1. The lowest BCUT2D eigenvalue weighted by atomic mass is 9.98. The minimum absolute atomic E-state index is 0.154. The molecule has 10 heteroatoms. The van der Waals surface area contributed by atoms with Gasteiger partial charge in [0, 0.05) is 16.0 Å². The van der Waals surface area contributed by atoms with Crippen molar-refractivity contribution >= 4 is 28.0 Å². The van der Waals surface area contributed by atoms with Crippen molar-refractivity contribution in [1.29, 1.82) is 0 Å². The number of carbonyl (C=O) groups is 2. The molecule has 3 aromatic rings. The van der Waals surface area contributed by atoms with E-state index in [0.717, 1.165) is 22.3 Å². The topological polar surface area (TPSA) is 75.6 Å². The maximum Gasteiger partial charge on any atom is 0.417 e. The monoisotopic (exact) mass is 537 g/mol. The van der Waals surface area contributed by atoms with Gasteiger partial charge < -0.3 is 15.2 Å². The Morgan fingerprint density at radius 1 is 1.00 bits per heavy atom. The molecular weight excluding hydrogens is 522 g/mol. The van der Waals surface area contributed by atoms with Gasteiger partial charge in [-0.1, -0.05) is 48.5 Å². The second kappa shape index (κ2) is 9.09. The fourth-order valence-electron chi connectivity index (χ4n) is 4.07. The number of amides is 1. The summed E-state index contributed by atoms with van der Waals surface area (Å²) >= 11 is 2.64. The third-order valence-corrected chi connectivity index (χ3v) is 6.43. The molecule has 34 heavy (non-hydrogen) atoms. The number of alkyl halides is 3. The molecule has 1 amide bonds. The lowest BCUT2D eigenvalue weighted by Gasteiger charge is -2.20. The summed E-state index contributed by atoms with van der Waals surface area (Å²) in [7, 11) is 0. The Morgan fingerprint density at radius 2 is 1.56 bits per heavy atom. The molecule has 1 atom stereocenters. The first kappa shape index (κ1) is 23.7. The lowest BCUT2D eigenvalue weighted by Crippen LogP contribution is -2.36. The van der Waals surface area contributed by atoms with Gasteiger partial charge in [0.25, 0.3) is 0 Å². The number of alkyl carbamates (subject to hydrolysis) is 1. The number of carboxylic acids is 1. The number of aliphatic carboxylic acids is 1. The van der Waals surface area contributed by atoms with Crippen molar-refractivity contribution in [3.05, 3.63) is 93.2 Å². The van der Waals surface area contributed by atoms with E-state index in [9.17, 15) is 32.3 Å². The van der Waals surface area contributed by atoms with E-state index in [-0.39, 0.29) is 12.5 Å². The molecule has 0 saturated carbocycles. The van der Waals surface area contributed by atoms with Gasteiger partial charge in [0.05, 0.1) is 5.56 Å². The lowest BCUT2D eigenvalue weighted by molar-refractivity contribution is -0.141. The van der Waals surface area contributed by atoms with Crippen LogP contribution in [0.4, 0.5) is 22.4 Å². The SMILES string of the molecule is O=C(NC(C(=O)O)c1c(F)ccc(C(F)(F)F)c1Br)OCC1c2ccccc2-c2ccccc21. The van der Waals surface area contributed by atoms with Gasteiger partial charge in [-0.15, -0.1) is 0 Å². The summed E-state index contributed by atoms with van der Waals surface area (Å²) in [5, 5.41) is 11.5. The molecular formula is C24H16BrF4NO4. The zero-order valence-corrected chi connectivity index (χ0v) is 18.8. The van der Waals surface area contributed by atoms with Crippen LogP contribution in [0.5, 0.6) is 0 Å². The minimum atomic E-state index is -4.87. The molecule has 0 aromatic heterocycles. The van der Waals surface area contributed by atoms with Crippen molar-refractivity contribution in [1.82, 2.24) is 5.32 Å². The Hall–Kier alpha value is -3.40. The summed E-state index contributed by atoms with van der Waals surface area (Å²) in [4.78, 5) is 24.2. The molecule has 2 N–H and O–H groups in total. The van der Waals surface area contributed by atoms with E-state index < -0.39 is 45.7 Å². The maximum atomic E-state index is 14.4. The molecule has 0 bridgehead atoms. The van der Waals surface area contributed by atoms with E-state index in [4.69, 9.17) is 4.74 Å². The number of halogens is 5. The Kier molecular flexibility index (Phi) is 6.35. The fourth-order valence-corrected chi connectivity index (χ4v) is 4.84. The average Bonchev–Trinajstić information content (AvgIpc) is 3.10. The second-order valence-electron chi connectivity index (χ2n) is 7.56. The van der Waals surface area contributed by atoms with Gasteiger partial charge in [-0.25, -0.2) is 14.0 Å². The zero-order chi connectivity index (χ0) is 24.6. The smallest absolute Gasteiger partial charge is 0.417 e. The summed E-state index contributed by atoms with van der Waals surface area (Å²) in [5.41, 5.74) is 1.65. The first-order chi connectivity index (χ1) is 16.1. The third kappa shape index (κ3) is 4.37. The fraction of sp³-hybridized carbons (Fsp3) is 0.167. The van der Waals surface area contributed by atoms with E-state index in [2.05, 4.69) is 15.9 Å². The van der Waals surface area contributed by atoms with Crippen LogP contribution >= 0.6 is 15.9 Å². The molecule has 0 aliphatic heterocycles. The van der Waals surface area contributed by atoms with Crippen LogP contribution < -0.4 is 5.32 Å². The van der Waals surface area contributed by atoms with Crippen LogP contribution in [0.15, 0.2) is 65.1 Å². The van der Waals surface area contributed by atoms with Gasteiger partial charge in [-0.05, 0) is 50.3 Å². The van der Waals surface area contributed by atoms with Crippen molar-refractivity contribution < 1.29 is 37.0 Å². The summed E-state index contributed by atoms with van der Waals surface area (Å²) in [5.74, 6) is -3.31. The van der Waals surface area contributed by atoms with Crippen LogP contribution in [0.25, 0.3) is 11.1 Å². The van der Waals surface area contributed by atoms with Gasteiger partial charge in [0.2, 0.25) is 0 Å². The first-order valence-electron chi connectivity index (χ1n) is 9.99. The normalized spacial score (nSPS) is 13.7. The molecule has 5 nitrogen and oxygen atoms in total. The molecule has 1 aliphatic carbocycles. The van der Waals surface area contributed by atoms with Gasteiger partial charge in [-0.3, -0.25) is 0 Å². The molecule has 0 saturated heterocycles. The van der Waals surface area contributed by atoms with Crippen LogP contribution in [-0.2, 0) is 15.7 Å². The Morgan fingerprint density at radius 3 is 2.09 bits per heavy atom. The van der Waals surface area contributed by atoms with Crippen molar-refractivity contribution in [2.75, 3.05) is 6.61 Å². The molecule has 3 aromatic carbocycles.